The number of hydrogen-bond acceptors (Lipinski definition) is 2. The van der Waals surface area contributed by atoms with Gasteiger partial charge in [0.05, 0.1) is 0 Å². The molecule has 2 rings (SSSR count). The van der Waals surface area contributed by atoms with Crippen molar-refractivity contribution in [3.05, 3.63) is 64.4 Å². The van der Waals surface area contributed by atoms with Crippen molar-refractivity contribution >= 4 is 17.4 Å². The molecule has 116 valence electrons. The molecule has 0 radical (unpaired) electrons. The number of pyridine rings is 1. The fourth-order valence-corrected chi connectivity index (χ4v) is 2.64. The molecule has 0 saturated carbocycles. The number of nitrogens with zero attached hydrogens (tertiary/aromatic N) is 1. The third-order valence-electron chi connectivity index (χ3n) is 3.42. The number of carbonyl (C=O) groups is 1. The van der Waals surface area contributed by atoms with Gasteiger partial charge in [0.25, 0.3) is 0 Å². The first-order valence-corrected chi connectivity index (χ1v) is 7.94. The summed E-state index contributed by atoms with van der Waals surface area (Å²) in [5, 5.41) is 0.743. The van der Waals surface area contributed by atoms with Crippen molar-refractivity contribution in [2.75, 3.05) is 0 Å². The maximum atomic E-state index is 12.5. The minimum absolute atomic E-state index is 0.0289. The Balaban J connectivity index is 2.13. The van der Waals surface area contributed by atoms with E-state index in [-0.39, 0.29) is 11.2 Å². The number of halogens is 1. The van der Waals surface area contributed by atoms with E-state index in [0.29, 0.717) is 12.1 Å². The van der Waals surface area contributed by atoms with Gasteiger partial charge in [0, 0.05) is 17.6 Å². The zero-order valence-corrected chi connectivity index (χ0v) is 14.2. The number of carbonyl (C=O) groups excluding carboxylic acids is 1. The molecule has 0 bridgehead atoms. The molecule has 1 aromatic carbocycles. The van der Waals surface area contributed by atoms with Crippen LogP contribution < -0.4 is 0 Å². The lowest BCUT2D eigenvalue weighted by Gasteiger charge is -2.17. The van der Waals surface area contributed by atoms with Crippen LogP contribution in [0.5, 0.6) is 0 Å². The van der Waals surface area contributed by atoms with Gasteiger partial charge in [-0.1, -0.05) is 50.6 Å². The monoisotopic (exact) mass is 315 g/mol. The summed E-state index contributed by atoms with van der Waals surface area (Å²) in [5.74, 6) is 0.120. The molecule has 3 heteroatoms. The Labute approximate surface area is 137 Å². The average Bonchev–Trinajstić information content (AvgIpc) is 2.44. The molecule has 0 N–H and O–H groups in total. The summed E-state index contributed by atoms with van der Waals surface area (Å²) in [7, 11) is 0. The molecule has 0 amide bonds. The minimum atomic E-state index is -0.0289. The van der Waals surface area contributed by atoms with Crippen molar-refractivity contribution in [1.29, 1.82) is 0 Å². The van der Waals surface area contributed by atoms with E-state index in [1.165, 1.54) is 5.56 Å². The quantitative estimate of drug-likeness (QED) is 0.715. The van der Waals surface area contributed by atoms with Gasteiger partial charge in [-0.15, -0.1) is 0 Å². The van der Waals surface area contributed by atoms with Gasteiger partial charge in [-0.25, -0.2) is 0 Å². The molecule has 0 spiro atoms. The van der Waals surface area contributed by atoms with Crippen molar-refractivity contribution < 1.29 is 4.79 Å². The lowest BCUT2D eigenvalue weighted by molar-refractivity contribution is 0.0934. The Hall–Kier alpha value is -1.67. The Morgan fingerprint density at radius 3 is 2.59 bits per heavy atom. The van der Waals surface area contributed by atoms with Gasteiger partial charge in [0.15, 0.2) is 5.78 Å². The van der Waals surface area contributed by atoms with E-state index in [1.807, 2.05) is 30.3 Å². The van der Waals surface area contributed by atoms with Crippen LogP contribution in [0.25, 0.3) is 0 Å². The molecule has 0 atom stereocenters. The summed E-state index contributed by atoms with van der Waals surface area (Å²) in [5.41, 5.74) is 2.76. The van der Waals surface area contributed by atoms with Crippen molar-refractivity contribution in [1.82, 2.24) is 4.98 Å². The number of rotatable bonds is 5. The van der Waals surface area contributed by atoms with Gasteiger partial charge in [0.1, 0.15) is 5.69 Å². The second-order valence-electron chi connectivity index (χ2n) is 6.80. The minimum Gasteiger partial charge on any atom is -0.292 e. The zero-order chi connectivity index (χ0) is 16.2. The first-order chi connectivity index (χ1) is 10.3. The molecular formula is C19H22ClNO. The molecule has 0 aliphatic carbocycles. The summed E-state index contributed by atoms with van der Waals surface area (Å²) in [6.07, 6.45) is 3.84. The van der Waals surface area contributed by atoms with Gasteiger partial charge in [-0.05, 0) is 47.6 Å². The molecule has 2 nitrogen and oxygen atoms in total. The highest BCUT2D eigenvalue weighted by atomic mass is 35.5. The third kappa shape index (κ3) is 4.96. The molecule has 0 aliphatic rings. The zero-order valence-electron chi connectivity index (χ0n) is 13.4. The molecule has 1 heterocycles. The topological polar surface area (TPSA) is 30.0 Å². The SMILES string of the molecule is CC(C)(C)CC(=O)c1ncccc1CCc1cccc(Cl)c1. The smallest absolute Gasteiger partial charge is 0.181 e. The number of ketones is 1. The van der Waals surface area contributed by atoms with Crippen LogP contribution in [0.1, 0.15) is 48.8 Å². The van der Waals surface area contributed by atoms with Crippen LogP contribution in [0.3, 0.4) is 0 Å². The van der Waals surface area contributed by atoms with Crippen LogP contribution in [-0.2, 0) is 12.8 Å². The summed E-state index contributed by atoms with van der Waals surface area (Å²) in [6, 6.07) is 11.7. The normalized spacial score (nSPS) is 11.5. The predicted octanol–water partition coefficient (Wildman–Crippen LogP) is 5.14. The van der Waals surface area contributed by atoms with E-state index in [9.17, 15) is 4.79 Å². The Morgan fingerprint density at radius 2 is 1.91 bits per heavy atom. The standard InChI is InChI=1S/C19H22ClNO/c1-19(2,3)13-17(22)18-15(7-5-11-21-18)10-9-14-6-4-8-16(20)12-14/h4-8,11-12H,9-10,13H2,1-3H3. The molecule has 2 aromatic rings. The van der Waals surface area contributed by atoms with Crippen LogP contribution in [0.2, 0.25) is 5.02 Å². The lowest BCUT2D eigenvalue weighted by atomic mass is 9.88. The number of Topliss-reactive ketones (excluding diaryl/α,β-unsaturated/α-hetero) is 1. The van der Waals surface area contributed by atoms with Crippen molar-refractivity contribution in [2.45, 2.75) is 40.0 Å². The fourth-order valence-electron chi connectivity index (χ4n) is 2.43. The average molecular weight is 316 g/mol. The van der Waals surface area contributed by atoms with E-state index >= 15 is 0 Å². The van der Waals surface area contributed by atoms with E-state index in [4.69, 9.17) is 11.6 Å². The fraction of sp³-hybridized carbons (Fsp3) is 0.368. The van der Waals surface area contributed by atoms with Crippen molar-refractivity contribution in [2.24, 2.45) is 5.41 Å². The van der Waals surface area contributed by atoms with Crippen LogP contribution >= 0.6 is 11.6 Å². The number of aryl methyl sites for hydroxylation is 2. The lowest BCUT2D eigenvalue weighted by Crippen LogP contribution is -2.16. The second kappa shape index (κ2) is 7.06. The first kappa shape index (κ1) is 16.7. The maximum Gasteiger partial charge on any atom is 0.181 e. The molecule has 0 fully saturated rings. The molecule has 0 saturated heterocycles. The van der Waals surface area contributed by atoms with E-state index in [2.05, 4.69) is 31.8 Å². The van der Waals surface area contributed by atoms with Gasteiger partial charge in [-0.3, -0.25) is 9.78 Å². The first-order valence-electron chi connectivity index (χ1n) is 7.57. The van der Waals surface area contributed by atoms with Gasteiger partial charge in [-0.2, -0.15) is 0 Å². The van der Waals surface area contributed by atoms with Crippen LogP contribution in [0.4, 0.5) is 0 Å². The van der Waals surface area contributed by atoms with E-state index in [1.54, 1.807) is 6.20 Å². The van der Waals surface area contributed by atoms with Gasteiger partial charge < -0.3 is 0 Å². The van der Waals surface area contributed by atoms with Crippen LogP contribution in [0.15, 0.2) is 42.6 Å². The second-order valence-corrected chi connectivity index (χ2v) is 7.24. The Bertz CT molecular complexity index is 658. The Morgan fingerprint density at radius 1 is 1.14 bits per heavy atom. The highest BCUT2D eigenvalue weighted by Crippen LogP contribution is 2.23. The summed E-state index contributed by atoms with van der Waals surface area (Å²) < 4.78 is 0. The number of benzene rings is 1. The molecule has 22 heavy (non-hydrogen) atoms. The maximum absolute atomic E-state index is 12.5. The molecule has 1 aromatic heterocycles. The van der Waals surface area contributed by atoms with Gasteiger partial charge in [0.2, 0.25) is 0 Å². The summed E-state index contributed by atoms with van der Waals surface area (Å²) in [4.78, 5) is 16.8. The molecule has 0 unspecified atom stereocenters. The predicted molar refractivity (Wildman–Crippen MR) is 91.5 cm³/mol. The van der Waals surface area contributed by atoms with E-state index < -0.39 is 0 Å². The highest BCUT2D eigenvalue weighted by molar-refractivity contribution is 6.30. The third-order valence-corrected chi connectivity index (χ3v) is 3.65. The number of hydrogen-bond donors (Lipinski definition) is 0. The highest BCUT2D eigenvalue weighted by Gasteiger charge is 2.20. The summed E-state index contributed by atoms with van der Waals surface area (Å²) in [6.45, 7) is 6.21. The Kier molecular flexibility index (Phi) is 5.36. The summed E-state index contributed by atoms with van der Waals surface area (Å²) >= 11 is 6.01. The van der Waals surface area contributed by atoms with E-state index in [0.717, 1.165) is 23.4 Å². The van der Waals surface area contributed by atoms with Gasteiger partial charge >= 0.3 is 0 Å². The number of aromatic nitrogens is 1. The largest absolute Gasteiger partial charge is 0.292 e. The molecule has 0 aliphatic heterocycles. The van der Waals surface area contributed by atoms with Crippen molar-refractivity contribution in [3.63, 3.8) is 0 Å². The van der Waals surface area contributed by atoms with Crippen LogP contribution in [-0.4, -0.2) is 10.8 Å². The molecular weight excluding hydrogens is 294 g/mol. The van der Waals surface area contributed by atoms with Crippen molar-refractivity contribution in [3.8, 4) is 0 Å². The van der Waals surface area contributed by atoms with Crippen LogP contribution in [0, 0.1) is 5.41 Å².